The number of alkyl halides is 5. The van der Waals surface area contributed by atoms with E-state index in [4.69, 9.17) is 4.42 Å². The number of hydrogen-bond acceptors (Lipinski definition) is 8. The van der Waals surface area contributed by atoms with E-state index in [2.05, 4.69) is 19.8 Å². The van der Waals surface area contributed by atoms with Crippen LogP contribution in [-0.4, -0.2) is 50.8 Å². The molecule has 196 valence electrons. The van der Waals surface area contributed by atoms with Crippen LogP contribution in [0.1, 0.15) is 25.8 Å². The van der Waals surface area contributed by atoms with Crippen LogP contribution in [0.15, 0.2) is 50.8 Å². The lowest BCUT2D eigenvalue weighted by Crippen LogP contribution is -2.41. The Kier molecular flexibility index (Phi) is 5.61. The Morgan fingerprint density at radius 3 is 2.49 bits per heavy atom. The molecule has 0 aliphatic heterocycles. The molecule has 10 nitrogen and oxygen atoms in total. The lowest BCUT2D eigenvalue weighted by Gasteiger charge is -2.19. The minimum absolute atomic E-state index is 0.0265. The first-order chi connectivity index (χ1) is 17.3. The minimum atomic E-state index is -5.95. The monoisotopic (exact) mass is 545 g/mol. The molecule has 3 heterocycles. The van der Waals surface area contributed by atoms with Gasteiger partial charge in [0.25, 0.3) is 0 Å². The van der Waals surface area contributed by atoms with Crippen LogP contribution < -0.4 is 10.4 Å². The van der Waals surface area contributed by atoms with E-state index in [1.807, 2.05) is 0 Å². The Labute approximate surface area is 204 Å². The molecular formula is C21H16F5N5O5S. The van der Waals surface area contributed by atoms with Crippen LogP contribution in [0.4, 0.5) is 22.0 Å². The summed E-state index contributed by atoms with van der Waals surface area (Å²) >= 11 is 0. The summed E-state index contributed by atoms with van der Waals surface area (Å²) in [5.41, 5.74) is -1.06. The van der Waals surface area contributed by atoms with Gasteiger partial charge in [-0.2, -0.15) is 31.7 Å². The Morgan fingerprint density at radius 2 is 1.84 bits per heavy atom. The number of ether oxygens (including phenoxy) is 1. The highest BCUT2D eigenvalue weighted by Crippen LogP contribution is 2.38. The summed E-state index contributed by atoms with van der Waals surface area (Å²) in [6, 6.07) is 5.14. The van der Waals surface area contributed by atoms with E-state index < -0.39 is 33.6 Å². The number of benzene rings is 1. The highest BCUT2D eigenvalue weighted by molar-refractivity contribution is 7.91. The number of fused-ring (bicyclic) bond motifs is 1. The maximum atomic E-state index is 13.3. The van der Waals surface area contributed by atoms with Crippen molar-refractivity contribution in [1.29, 1.82) is 0 Å². The van der Waals surface area contributed by atoms with Gasteiger partial charge >= 0.3 is 18.0 Å². The standard InChI is InChI=1S/C21H16F5N5O5S/c1-2-37(33,34)15-7-8-16(31-19(32)30(10-27-31)11-3-4-11)29-17(15)18-28-13-9-12(5-6-14(13)35-18)36-21(25,26)20(22,23)24/h5-11H,2-4H2,1H3. The second-order valence-electron chi connectivity index (χ2n) is 8.15. The molecule has 5 rings (SSSR count). The van der Waals surface area contributed by atoms with Gasteiger partial charge < -0.3 is 9.15 Å². The quantitative estimate of drug-likeness (QED) is 0.321. The van der Waals surface area contributed by atoms with Gasteiger partial charge in [-0.15, -0.1) is 0 Å². The van der Waals surface area contributed by atoms with Gasteiger partial charge in [0.15, 0.2) is 21.2 Å². The maximum absolute atomic E-state index is 13.3. The summed E-state index contributed by atoms with van der Waals surface area (Å²) in [4.78, 5) is 20.7. The molecule has 37 heavy (non-hydrogen) atoms. The second-order valence-corrected chi connectivity index (χ2v) is 10.4. The van der Waals surface area contributed by atoms with Crippen molar-refractivity contribution in [2.24, 2.45) is 0 Å². The molecule has 1 aromatic carbocycles. The molecule has 1 aliphatic carbocycles. The van der Waals surface area contributed by atoms with Gasteiger partial charge in [-0.05, 0) is 37.1 Å². The fourth-order valence-electron chi connectivity index (χ4n) is 3.47. The van der Waals surface area contributed by atoms with Crippen LogP contribution in [0.2, 0.25) is 0 Å². The highest BCUT2D eigenvalue weighted by Gasteiger charge is 2.61. The lowest BCUT2D eigenvalue weighted by atomic mass is 10.3. The SMILES string of the molecule is CCS(=O)(=O)c1ccc(-n2ncn(C3CC3)c2=O)nc1-c1nc2cc(OC(F)(F)C(F)(F)F)ccc2o1. The summed E-state index contributed by atoms with van der Waals surface area (Å²) in [6.07, 6.45) is -8.42. The van der Waals surface area contributed by atoms with Crippen LogP contribution >= 0.6 is 0 Å². The minimum Gasteiger partial charge on any atom is -0.435 e. The zero-order chi connectivity index (χ0) is 26.8. The van der Waals surface area contributed by atoms with E-state index in [1.54, 1.807) is 0 Å². The van der Waals surface area contributed by atoms with Crippen molar-refractivity contribution in [3.8, 4) is 23.2 Å². The average Bonchev–Trinajstić information content (AvgIpc) is 3.46. The van der Waals surface area contributed by atoms with E-state index in [9.17, 15) is 35.2 Å². The third-order valence-electron chi connectivity index (χ3n) is 5.55. The van der Waals surface area contributed by atoms with Crippen molar-refractivity contribution in [3.63, 3.8) is 0 Å². The molecule has 1 fully saturated rings. The molecule has 1 saturated carbocycles. The summed E-state index contributed by atoms with van der Waals surface area (Å²) in [5, 5.41) is 4.03. The van der Waals surface area contributed by atoms with Gasteiger partial charge in [-0.1, -0.05) is 6.92 Å². The van der Waals surface area contributed by atoms with Crippen LogP contribution in [0.5, 0.6) is 5.75 Å². The lowest BCUT2D eigenvalue weighted by molar-refractivity contribution is -0.360. The maximum Gasteiger partial charge on any atom is 0.499 e. The van der Waals surface area contributed by atoms with Crippen molar-refractivity contribution >= 4 is 20.9 Å². The van der Waals surface area contributed by atoms with Crippen LogP contribution in [-0.2, 0) is 9.84 Å². The summed E-state index contributed by atoms with van der Waals surface area (Å²) < 4.78 is 101. The summed E-state index contributed by atoms with van der Waals surface area (Å²) in [7, 11) is -3.89. The van der Waals surface area contributed by atoms with Gasteiger partial charge in [0.05, 0.1) is 10.6 Å². The fraction of sp³-hybridized carbons (Fsp3) is 0.333. The zero-order valence-corrected chi connectivity index (χ0v) is 19.6. The third kappa shape index (κ3) is 4.45. The first-order valence-corrected chi connectivity index (χ1v) is 12.4. The molecule has 0 amide bonds. The Bertz CT molecular complexity index is 1670. The van der Waals surface area contributed by atoms with Crippen molar-refractivity contribution < 1.29 is 39.5 Å². The largest absolute Gasteiger partial charge is 0.499 e. The first-order valence-electron chi connectivity index (χ1n) is 10.8. The Hall–Kier alpha value is -3.82. The molecule has 0 saturated heterocycles. The number of hydrogen-bond donors (Lipinski definition) is 0. The normalized spacial score (nSPS) is 14.9. The van der Waals surface area contributed by atoms with Crippen LogP contribution in [0.25, 0.3) is 28.5 Å². The highest BCUT2D eigenvalue weighted by atomic mass is 32.2. The van der Waals surface area contributed by atoms with Crippen molar-refractivity contribution in [2.45, 2.75) is 43.0 Å². The average molecular weight is 545 g/mol. The predicted octanol–water partition coefficient (Wildman–Crippen LogP) is 3.90. The number of rotatable bonds is 7. The molecule has 0 spiro atoms. The zero-order valence-electron chi connectivity index (χ0n) is 18.7. The summed E-state index contributed by atoms with van der Waals surface area (Å²) in [6.45, 7) is 1.39. The second kappa shape index (κ2) is 8.36. The number of sulfone groups is 1. The fourth-order valence-corrected chi connectivity index (χ4v) is 4.48. The van der Waals surface area contributed by atoms with Crippen molar-refractivity contribution in [3.05, 3.63) is 47.1 Å². The van der Waals surface area contributed by atoms with Crippen LogP contribution in [0.3, 0.4) is 0 Å². The molecular weight excluding hydrogens is 529 g/mol. The smallest absolute Gasteiger partial charge is 0.435 e. The van der Waals surface area contributed by atoms with Crippen LogP contribution in [0, 0.1) is 0 Å². The number of aromatic nitrogens is 5. The molecule has 0 atom stereocenters. The molecule has 0 unspecified atom stereocenters. The topological polar surface area (TPSA) is 122 Å². The third-order valence-corrected chi connectivity index (χ3v) is 7.31. The van der Waals surface area contributed by atoms with E-state index in [0.29, 0.717) is 0 Å². The van der Waals surface area contributed by atoms with E-state index in [1.165, 1.54) is 30.0 Å². The predicted molar refractivity (Wildman–Crippen MR) is 116 cm³/mol. The first kappa shape index (κ1) is 24.9. The molecule has 4 aromatic rings. The molecule has 0 bridgehead atoms. The van der Waals surface area contributed by atoms with E-state index >= 15 is 0 Å². The number of oxazole rings is 1. The molecule has 0 N–H and O–H groups in total. The Balaban J connectivity index is 1.60. The van der Waals surface area contributed by atoms with Crippen molar-refractivity contribution in [1.82, 2.24) is 24.3 Å². The molecule has 3 aromatic heterocycles. The van der Waals surface area contributed by atoms with Gasteiger partial charge in [0.2, 0.25) is 5.89 Å². The molecule has 16 heteroatoms. The van der Waals surface area contributed by atoms with E-state index in [0.717, 1.165) is 35.7 Å². The number of pyridine rings is 1. The molecule has 0 radical (unpaired) electrons. The van der Waals surface area contributed by atoms with Gasteiger partial charge in [-0.3, -0.25) is 4.57 Å². The Morgan fingerprint density at radius 1 is 1.11 bits per heavy atom. The van der Waals surface area contributed by atoms with Crippen molar-refractivity contribution in [2.75, 3.05) is 5.75 Å². The summed E-state index contributed by atoms with van der Waals surface area (Å²) in [5.74, 6) is -1.58. The van der Waals surface area contributed by atoms with Gasteiger partial charge in [0.1, 0.15) is 23.3 Å². The van der Waals surface area contributed by atoms with E-state index in [-0.39, 0.29) is 45.2 Å². The molecule has 1 aliphatic rings. The van der Waals surface area contributed by atoms with Gasteiger partial charge in [0, 0.05) is 12.1 Å². The number of nitrogens with zero attached hydrogens (tertiary/aromatic N) is 5. The van der Waals surface area contributed by atoms with Gasteiger partial charge in [-0.25, -0.2) is 23.2 Å². The number of halogens is 5.